The van der Waals surface area contributed by atoms with Gasteiger partial charge in [-0.05, 0) is 39.2 Å². The van der Waals surface area contributed by atoms with E-state index in [9.17, 15) is 9.59 Å². The number of ether oxygens (including phenoxy) is 1. The summed E-state index contributed by atoms with van der Waals surface area (Å²) in [5, 5.41) is 3.24. The Kier molecular flexibility index (Phi) is 6.58. The van der Waals surface area contributed by atoms with Gasteiger partial charge in [-0.15, -0.1) is 12.4 Å². The second-order valence-corrected chi connectivity index (χ2v) is 5.05. The first-order valence-corrected chi connectivity index (χ1v) is 6.89. The number of piperidine rings is 1. The monoisotopic (exact) mass is 290 g/mol. The number of hydrogen-bond donors (Lipinski definition) is 1. The fraction of sp³-hybridized carbons (Fsp3) is 0.846. The lowest BCUT2D eigenvalue weighted by Crippen LogP contribution is -2.46. The molecule has 0 spiro atoms. The molecule has 1 N–H and O–H groups in total. The summed E-state index contributed by atoms with van der Waals surface area (Å²) in [6, 6.07) is 0.267. The zero-order valence-corrected chi connectivity index (χ0v) is 12.2. The number of rotatable bonds is 5. The molecular formula is C13H23ClN2O3. The predicted octanol–water partition coefficient (Wildman–Crippen LogP) is 0.962. The normalized spacial score (nSPS) is 22.3. The van der Waals surface area contributed by atoms with Crippen molar-refractivity contribution in [3.63, 3.8) is 0 Å². The molecule has 1 amide bonds. The smallest absolute Gasteiger partial charge is 0.325 e. The summed E-state index contributed by atoms with van der Waals surface area (Å²) in [5.41, 5.74) is 0. The number of hydrogen-bond acceptors (Lipinski definition) is 4. The first-order valence-electron chi connectivity index (χ1n) is 6.89. The van der Waals surface area contributed by atoms with E-state index < -0.39 is 0 Å². The van der Waals surface area contributed by atoms with Crippen LogP contribution in [0.1, 0.15) is 32.6 Å². The summed E-state index contributed by atoms with van der Waals surface area (Å²) in [7, 11) is 0. The van der Waals surface area contributed by atoms with E-state index in [-0.39, 0.29) is 42.8 Å². The Balaban J connectivity index is 0.00000180. The summed E-state index contributed by atoms with van der Waals surface area (Å²) in [4.78, 5) is 25.7. The molecule has 1 heterocycles. The van der Waals surface area contributed by atoms with Crippen LogP contribution in [-0.4, -0.2) is 49.1 Å². The summed E-state index contributed by atoms with van der Waals surface area (Å²) in [5.74, 6) is -0.131. The maximum Gasteiger partial charge on any atom is 0.325 e. The number of amides is 1. The minimum atomic E-state index is -0.290. The molecule has 0 aromatic heterocycles. The van der Waals surface area contributed by atoms with Gasteiger partial charge in [0.25, 0.3) is 0 Å². The molecule has 1 unspecified atom stereocenters. The Bertz CT molecular complexity index is 315. The summed E-state index contributed by atoms with van der Waals surface area (Å²) in [6.07, 6.45) is 4.00. The van der Waals surface area contributed by atoms with Gasteiger partial charge in [-0.25, -0.2) is 0 Å². The predicted molar refractivity (Wildman–Crippen MR) is 74.2 cm³/mol. The van der Waals surface area contributed by atoms with Crippen LogP contribution in [0.15, 0.2) is 0 Å². The van der Waals surface area contributed by atoms with Gasteiger partial charge < -0.3 is 15.0 Å². The van der Waals surface area contributed by atoms with E-state index in [4.69, 9.17) is 4.74 Å². The van der Waals surface area contributed by atoms with Gasteiger partial charge >= 0.3 is 5.97 Å². The number of halogens is 1. The second kappa shape index (κ2) is 7.70. The zero-order chi connectivity index (χ0) is 13.0. The Hall–Kier alpha value is -0.810. The van der Waals surface area contributed by atoms with Crippen LogP contribution in [0.2, 0.25) is 0 Å². The molecule has 2 fully saturated rings. The van der Waals surface area contributed by atoms with Crippen LogP contribution in [0, 0.1) is 5.92 Å². The summed E-state index contributed by atoms with van der Waals surface area (Å²) >= 11 is 0. The van der Waals surface area contributed by atoms with Gasteiger partial charge in [0.2, 0.25) is 5.91 Å². The van der Waals surface area contributed by atoms with Gasteiger partial charge in [0, 0.05) is 12.6 Å². The van der Waals surface area contributed by atoms with Gasteiger partial charge in [0.05, 0.1) is 12.5 Å². The van der Waals surface area contributed by atoms with Gasteiger partial charge in [-0.2, -0.15) is 0 Å². The van der Waals surface area contributed by atoms with Crippen LogP contribution in [0.25, 0.3) is 0 Å². The van der Waals surface area contributed by atoms with E-state index in [1.165, 1.54) is 0 Å². The highest BCUT2D eigenvalue weighted by molar-refractivity contribution is 5.85. The van der Waals surface area contributed by atoms with Crippen LogP contribution in [0.5, 0.6) is 0 Å². The molecule has 19 heavy (non-hydrogen) atoms. The van der Waals surface area contributed by atoms with Crippen molar-refractivity contribution in [1.82, 2.24) is 10.2 Å². The van der Waals surface area contributed by atoms with Crippen molar-refractivity contribution in [3.05, 3.63) is 0 Å². The van der Waals surface area contributed by atoms with E-state index in [1.54, 1.807) is 11.8 Å². The molecule has 1 saturated carbocycles. The molecule has 1 atom stereocenters. The average molecular weight is 291 g/mol. The van der Waals surface area contributed by atoms with Crippen LogP contribution < -0.4 is 5.32 Å². The van der Waals surface area contributed by atoms with Crippen molar-refractivity contribution in [1.29, 1.82) is 0 Å². The number of carbonyl (C=O) groups is 2. The maximum absolute atomic E-state index is 12.4. The first-order chi connectivity index (χ1) is 8.72. The van der Waals surface area contributed by atoms with Gasteiger partial charge in [-0.3, -0.25) is 9.59 Å². The zero-order valence-electron chi connectivity index (χ0n) is 11.4. The largest absolute Gasteiger partial charge is 0.465 e. The quantitative estimate of drug-likeness (QED) is 0.766. The third kappa shape index (κ3) is 4.66. The Morgan fingerprint density at radius 2 is 2.05 bits per heavy atom. The number of carbonyl (C=O) groups excluding carboxylic acids is 2. The lowest BCUT2D eigenvalue weighted by atomic mass is 9.98. The standard InChI is InChI=1S/C13H22N2O3.ClH/c1-2-18-12(16)9-15(11-5-6-11)13(17)10-4-3-7-14-8-10;/h10-11,14H,2-9H2,1H3;1H. The first kappa shape index (κ1) is 16.2. The lowest BCUT2D eigenvalue weighted by molar-refractivity contribution is -0.151. The summed E-state index contributed by atoms with van der Waals surface area (Å²) < 4.78 is 4.94. The molecule has 1 aliphatic heterocycles. The van der Waals surface area contributed by atoms with E-state index >= 15 is 0 Å². The molecule has 110 valence electrons. The molecule has 0 bridgehead atoms. The van der Waals surface area contributed by atoms with E-state index in [1.807, 2.05) is 0 Å². The molecule has 0 radical (unpaired) electrons. The Morgan fingerprint density at radius 3 is 2.58 bits per heavy atom. The molecule has 0 aromatic rings. The highest BCUT2D eigenvalue weighted by Crippen LogP contribution is 2.29. The number of esters is 1. The van der Waals surface area contributed by atoms with Crippen molar-refractivity contribution >= 4 is 24.3 Å². The van der Waals surface area contributed by atoms with Gasteiger partial charge in [0.1, 0.15) is 6.54 Å². The highest BCUT2D eigenvalue weighted by atomic mass is 35.5. The maximum atomic E-state index is 12.4. The van der Waals surface area contributed by atoms with Crippen molar-refractivity contribution in [2.45, 2.75) is 38.6 Å². The van der Waals surface area contributed by atoms with Crippen molar-refractivity contribution in [3.8, 4) is 0 Å². The molecule has 1 aliphatic carbocycles. The van der Waals surface area contributed by atoms with Crippen LogP contribution in [0.4, 0.5) is 0 Å². The molecule has 2 aliphatic rings. The molecule has 6 heteroatoms. The molecular weight excluding hydrogens is 268 g/mol. The Morgan fingerprint density at radius 1 is 1.32 bits per heavy atom. The van der Waals surface area contributed by atoms with E-state index in [0.717, 1.165) is 38.8 Å². The third-order valence-electron chi connectivity index (χ3n) is 3.52. The summed E-state index contributed by atoms with van der Waals surface area (Å²) in [6.45, 7) is 4.01. The van der Waals surface area contributed by atoms with E-state index in [0.29, 0.717) is 6.61 Å². The molecule has 2 rings (SSSR count). The minimum Gasteiger partial charge on any atom is -0.465 e. The lowest BCUT2D eigenvalue weighted by Gasteiger charge is -2.29. The average Bonchev–Trinajstić information content (AvgIpc) is 3.21. The van der Waals surface area contributed by atoms with Crippen molar-refractivity contribution in [2.75, 3.05) is 26.2 Å². The van der Waals surface area contributed by atoms with Crippen molar-refractivity contribution in [2.24, 2.45) is 5.92 Å². The molecule has 1 saturated heterocycles. The van der Waals surface area contributed by atoms with Crippen LogP contribution in [0.3, 0.4) is 0 Å². The Labute approximate surface area is 120 Å². The van der Waals surface area contributed by atoms with Gasteiger partial charge in [0.15, 0.2) is 0 Å². The highest BCUT2D eigenvalue weighted by Gasteiger charge is 2.37. The number of nitrogens with zero attached hydrogens (tertiary/aromatic N) is 1. The van der Waals surface area contributed by atoms with E-state index in [2.05, 4.69) is 5.32 Å². The van der Waals surface area contributed by atoms with Crippen molar-refractivity contribution < 1.29 is 14.3 Å². The fourth-order valence-electron chi connectivity index (χ4n) is 2.42. The van der Waals surface area contributed by atoms with Gasteiger partial charge in [-0.1, -0.05) is 0 Å². The fourth-order valence-corrected chi connectivity index (χ4v) is 2.42. The molecule has 0 aromatic carbocycles. The van der Waals surface area contributed by atoms with Crippen LogP contribution >= 0.6 is 12.4 Å². The molecule has 5 nitrogen and oxygen atoms in total. The SMILES string of the molecule is CCOC(=O)CN(C(=O)C1CCCNC1)C1CC1.Cl. The number of nitrogens with one attached hydrogen (secondary N) is 1. The van der Waals surface area contributed by atoms with Crippen LogP contribution in [-0.2, 0) is 14.3 Å². The third-order valence-corrected chi connectivity index (χ3v) is 3.52. The topological polar surface area (TPSA) is 58.6 Å². The minimum absolute atomic E-state index is 0. The second-order valence-electron chi connectivity index (χ2n) is 5.05.